The highest BCUT2D eigenvalue weighted by Gasteiger charge is 1.99. The van der Waals surface area contributed by atoms with Crippen molar-refractivity contribution < 1.29 is 16.9 Å². The van der Waals surface area contributed by atoms with E-state index in [2.05, 4.69) is 40.9 Å². The first-order valence-electron chi connectivity index (χ1n) is 2.97. The number of likely N-dealkylation sites (N-methyl/N-ethyl adjacent to an activating group) is 1. The Hall–Kier alpha value is -0.270. The van der Waals surface area contributed by atoms with Crippen LogP contribution in [0, 0.1) is 0 Å². The molecule has 0 aliphatic rings. The zero-order chi connectivity index (χ0) is 7.91. The van der Waals surface area contributed by atoms with Crippen molar-refractivity contribution in [2.45, 2.75) is 0 Å². The molecule has 0 rings (SSSR count). The fraction of sp³-hybridized carbons (Fsp3) is 0.500. The molecular weight excluding hydrogens is 146 g/mol. The minimum absolute atomic E-state index is 0. The first-order chi connectivity index (χ1) is 4.06. The van der Waals surface area contributed by atoms with Crippen molar-refractivity contribution in [1.29, 1.82) is 0 Å². The van der Waals surface area contributed by atoms with Gasteiger partial charge in [-0.2, -0.15) is 0 Å². The quantitative estimate of drug-likeness (QED) is 0.350. The van der Waals surface area contributed by atoms with Gasteiger partial charge in [-0.1, -0.05) is 6.58 Å². The van der Waals surface area contributed by atoms with Crippen LogP contribution in [0.25, 0.3) is 0 Å². The predicted octanol–water partition coefficient (Wildman–Crippen LogP) is -1.32. The number of nitrogens with zero attached hydrogens (tertiary/aromatic N) is 1. The predicted molar refractivity (Wildman–Crippen MR) is 44.4 cm³/mol. The van der Waals surface area contributed by atoms with Gasteiger partial charge in [0.05, 0.1) is 27.7 Å². The summed E-state index contributed by atoms with van der Waals surface area (Å²) in [4.78, 5) is 0. The molecule has 0 spiro atoms. The van der Waals surface area contributed by atoms with Crippen LogP contribution in [0.15, 0.2) is 25.8 Å². The maximum Gasteiger partial charge on any atom is 0.0964 e. The first kappa shape index (κ1) is 16.4. The van der Waals surface area contributed by atoms with Gasteiger partial charge in [-0.05, 0) is 6.08 Å². The summed E-state index contributed by atoms with van der Waals surface area (Å²) in [5, 5.41) is 0. The second-order valence-electron chi connectivity index (χ2n) is 2.76. The Morgan fingerprint density at radius 2 is 1.50 bits per heavy atom. The van der Waals surface area contributed by atoms with Crippen molar-refractivity contribution in [2.24, 2.45) is 0 Å². The molecule has 0 bridgehead atoms. The Kier molecular flexibility index (Phi) is 14.3. The normalized spacial score (nSPS) is 8.30. The van der Waals surface area contributed by atoms with Crippen molar-refractivity contribution >= 4 is 0 Å². The highest BCUT2D eigenvalue weighted by molar-refractivity contribution is 4.63. The van der Waals surface area contributed by atoms with Crippen molar-refractivity contribution in [1.82, 2.24) is 0 Å². The topological polar surface area (TPSA) is 0 Å². The molecule has 0 saturated carbocycles. The average Bonchev–Trinajstić information content (AvgIpc) is 1.69. The lowest BCUT2D eigenvalue weighted by atomic mass is 10.5. The van der Waals surface area contributed by atoms with Gasteiger partial charge < -0.3 is 16.9 Å². The zero-order valence-corrected chi connectivity index (χ0v) is 7.99. The molecule has 0 N–H and O–H groups in total. The first-order valence-corrected chi connectivity index (χ1v) is 2.97. The summed E-state index contributed by atoms with van der Waals surface area (Å²) in [5.74, 6) is 0. The number of hydrogen-bond donors (Lipinski definition) is 0. The fourth-order valence-electron chi connectivity index (χ4n) is 0.387. The van der Waals surface area contributed by atoms with Gasteiger partial charge in [0, 0.05) is 0 Å². The molecule has 0 aromatic heterocycles. The minimum Gasteiger partial charge on any atom is -1.00 e. The molecule has 2 heteroatoms. The van der Waals surface area contributed by atoms with E-state index < -0.39 is 0 Å². The zero-order valence-electron chi connectivity index (χ0n) is 7.23. The van der Waals surface area contributed by atoms with Gasteiger partial charge >= 0.3 is 0 Å². The molecule has 0 heterocycles. The summed E-state index contributed by atoms with van der Waals surface area (Å²) in [6, 6.07) is 0. The number of halogens is 1. The van der Waals surface area contributed by atoms with E-state index >= 15 is 0 Å². The maximum atomic E-state index is 3.63. The molecule has 0 atom stereocenters. The second kappa shape index (κ2) is 8.73. The summed E-state index contributed by atoms with van der Waals surface area (Å²) in [5.41, 5.74) is 0. The lowest BCUT2D eigenvalue weighted by Gasteiger charge is -2.21. The average molecular weight is 164 g/mol. The number of rotatable bonds is 2. The molecule has 0 unspecified atom stereocenters. The van der Waals surface area contributed by atoms with Crippen LogP contribution in [0.2, 0.25) is 0 Å². The van der Waals surface area contributed by atoms with Gasteiger partial charge in [-0.3, -0.25) is 0 Å². The van der Waals surface area contributed by atoms with Crippen LogP contribution in [0.3, 0.4) is 0 Å². The van der Waals surface area contributed by atoms with E-state index in [-0.39, 0.29) is 12.4 Å². The molecule has 0 saturated heterocycles. The standard InChI is InChI=1S/C6H14N.C2H4.ClH/c1-5-6-7(2,3)4;1-2;/h5H,1,6H2,2-4H3;1-2H2;1H/q+1;;/p-1. The number of quaternary nitrogens is 1. The molecule has 0 aliphatic carbocycles. The van der Waals surface area contributed by atoms with Crippen molar-refractivity contribution in [3.63, 3.8) is 0 Å². The van der Waals surface area contributed by atoms with E-state index in [0.717, 1.165) is 11.0 Å². The summed E-state index contributed by atoms with van der Waals surface area (Å²) in [7, 11) is 6.42. The van der Waals surface area contributed by atoms with E-state index in [4.69, 9.17) is 0 Å². The Bertz CT molecular complexity index is 73.8. The third kappa shape index (κ3) is 25.2. The van der Waals surface area contributed by atoms with Gasteiger partial charge in [-0.15, -0.1) is 13.2 Å². The maximum absolute atomic E-state index is 3.63. The molecule has 0 radical (unpaired) electrons. The lowest BCUT2D eigenvalue weighted by molar-refractivity contribution is -0.864. The molecule has 0 aromatic rings. The lowest BCUT2D eigenvalue weighted by Crippen LogP contribution is -3.00. The molecular formula is C8H18ClN. The van der Waals surface area contributed by atoms with Crippen molar-refractivity contribution in [3.8, 4) is 0 Å². The van der Waals surface area contributed by atoms with Crippen LogP contribution in [0.1, 0.15) is 0 Å². The molecule has 10 heavy (non-hydrogen) atoms. The van der Waals surface area contributed by atoms with E-state index in [1.165, 1.54) is 0 Å². The highest BCUT2D eigenvalue weighted by atomic mass is 35.5. The van der Waals surface area contributed by atoms with Crippen LogP contribution >= 0.6 is 0 Å². The third-order valence-electron chi connectivity index (χ3n) is 0.677. The van der Waals surface area contributed by atoms with Crippen molar-refractivity contribution in [2.75, 3.05) is 27.7 Å². The van der Waals surface area contributed by atoms with Crippen LogP contribution in [0.4, 0.5) is 0 Å². The second-order valence-corrected chi connectivity index (χ2v) is 2.76. The summed E-state index contributed by atoms with van der Waals surface area (Å²) >= 11 is 0. The van der Waals surface area contributed by atoms with Crippen LogP contribution < -0.4 is 12.4 Å². The number of hydrogen-bond acceptors (Lipinski definition) is 0. The van der Waals surface area contributed by atoms with Crippen LogP contribution in [-0.2, 0) is 0 Å². The Balaban J connectivity index is -0.000000149. The van der Waals surface area contributed by atoms with Gasteiger partial charge in [0.25, 0.3) is 0 Å². The van der Waals surface area contributed by atoms with Crippen molar-refractivity contribution in [3.05, 3.63) is 25.8 Å². The summed E-state index contributed by atoms with van der Waals surface area (Å²) in [6.45, 7) is 10.7. The smallest absolute Gasteiger partial charge is 0.0964 e. The van der Waals surface area contributed by atoms with Gasteiger partial charge in [0.2, 0.25) is 0 Å². The SMILES string of the molecule is C=C.C=CC[N+](C)(C)C.[Cl-]. The van der Waals surface area contributed by atoms with Gasteiger partial charge in [0.1, 0.15) is 0 Å². The minimum atomic E-state index is 0. The van der Waals surface area contributed by atoms with E-state index in [1.54, 1.807) is 0 Å². The summed E-state index contributed by atoms with van der Waals surface area (Å²) in [6.07, 6.45) is 1.93. The molecule has 0 aliphatic heterocycles. The van der Waals surface area contributed by atoms with E-state index in [1.807, 2.05) is 6.08 Å². The monoisotopic (exact) mass is 163 g/mol. The largest absolute Gasteiger partial charge is 1.00 e. The molecule has 0 aromatic carbocycles. The molecule has 0 amide bonds. The fourth-order valence-corrected chi connectivity index (χ4v) is 0.387. The van der Waals surface area contributed by atoms with Crippen LogP contribution in [0.5, 0.6) is 0 Å². The summed E-state index contributed by atoms with van der Waals surface area (Å²) < 4.78 is 0.976. The van der Waals surface area contributed by atoms with E-state index in [0.29, 0.717) is 0 Å². The molecule has 62 valence electrons. The molecule has 1 nitrogen and oxygen atoms in total. The Morgan fingerprint density at radius 3 is 1.50 bits per heavy atom. The van der Waals surface area contributed by atoms with E-state index in [9.17, 15) is 0 Å². The Labute approximate surface area is 71.0 Å². The third-order valence-corrected chi connectivity index (χ3v) is 0.677. The highest BCUT2D eigenvalue weighted by Crippen LogP contribution is 1.86. The van der Waals surface area contributed by atoms with Crippen LogP contribution in [-0.4, -0.2) is 32.2 Å². The van der Waals surface area contributed by atoms with Gasteiger partial charge in [0.15, 0.2) is 0 Å². The van der Waals surface area contributed by atoms with Gasteiger partial charge in [-0.25, -0.2) is 0 Å². The molecule has 0 fully saturated rings. The Morgan fingerprint density at radius 1 is 1.20 bits per heavy atom.